The van der Waals surface area contributed by atoms with Gasteiger partial charge in [0.15, 0.2) is 5.78 Å². The van der Waals surface area contributed by atoms with E-state index in [1.807, 2.05) is 56.9 Å². The average Bonchev–Trinajstić information content (AvgIpc) is 2.44. The van der Waals surface area contributed by atoms with E-state index in [1.54, 1.807) is 0 Å². The van der Waals surface area contributed by atoms with Crippen molar-refractivity contribution in [1.29, 1.82) is 0 Å². The number of amides is 1. The topological polar surface area (TPSA) is 49.4 Å². The molecule has 0 aliphatic heterocycles. The highest BCUT2D eigenvalue weighted by Crippen LogP contribution is 2.10. The van der Waals surface area contributed by atoms with Gasteiger partial charge >= 0.3 is 0 Å². The molecule has 0 aliphatic carbocycles. The zero-order valence-corrected chi connectivity index (χ0v) is 12.8. The number of hydrogen-bond acceptors (Lipinski definition) is 3. The normalized spacial score (nSPS) is 12.2. The molecule has 1 rings (SSSR count). The van der Waals surface area contributed by atoms with Crippen molar-refractivity contribution in [3.63, 3.8) is 0 Å². The van der Waals surface area contributed by atoms with Crippen LogP contribution in [0.1, 0.15) is 36.7 Å². The SMILES string of the molecule is CCNC(=O)CN(CC)C(C)C(=O)c1ccc(C)cc1. The molecule has 4 nitrogen and oxygen atoms in total. The minimum Gasteiger partial charge on any atom is -0.355 e. The maximum absolute atomic E-state index is 12.4. The Kier molecular flexibility index (Phi) is 6.39. The quantitative estimate of drug-likeness (QED) is 0.775. The third-order valence-corrected chi connectivity index (χ3v) is 3.39. The highest BCUT2D eigenvalue weighted by molar-refractivity contribution is 6.00. The second-order valence-corrected chi connectivity index (χ2v) is 4.92. The van der Waals surface area contributed by atoms with Gasteiger partial charge in [-0.05, 0) is 27.3 Å². The zero-order valence-electron chi connectivity index (χ0n) is 12.8. The maximum Gasteiger partial charge on any atom is 0.234 e. The highest BCUT2D eigenvalue weighted by atomic mass is 16.2. The summed E-state index contributed by atoms with van der Waals surface area (Å²) in [5, 5.41) is 2.76. The Hall–Kier alpha value is -1.68. The fourth-order valence-corrected chi connectivity index (χ4v) is 2.08. The number of aryl methyl sites for hydroxylation is 1. The lowest BCUT2D eigenvalue weighted by Gasteiger charge is -2.26. The molecule has 0 aromatic heterocycles. The Morgan fingerprint density at radius 3 is 2.30 bits per heavy atom. The van der Waals surface area contributed by atoms with Crippen LogP contribution in [0.4, 0.5) is 0 Å². The summed E-state index contributed by atoms with van der Waals surface area (Å²) in [6, 6.07) is 7.24. The Morgan fingerprint density at radius 2 is 1.80 bits per heavy atom. The van der Waals surface area contributed by atoms with Crippen LogP contribution in [0.25, 0.3) is 0 Å². The van der Waals surface area contributed by atoms with Crippen molar-refractivity contribution in [1.82, 2.24) is 10.2 Å². The number of carbonyl (C=O) groups is 2. The molecule has 1 unspecified atom stereocenters. The molecule has 1 aromatic carbocycles. The molecule has 0 saturated heterocycles. The summed E-state index contributed by atoms with van der Waals surface area (Å²) in [6.45, 7) is 9.21. The molecule has 0 bridgehead atoms. The largest absolute Gasteiger partial charge is 0.355 e. The molecule has 0 fully saturated rings. The Labute approximate surface area is 121 Å². The third-order valence-electron chi connectivity index (χ3n) is 3.39. The van der Waals surface area contributed by atoms with Crippen molar-refractivity contribution in [2.24, 2.45) is 0 Å². The number of nitrogens with one attached hydrogen (secondary N) is 1. The van der Waals surface area contributed by atoms with E-state index in [0.717, 1.165) is 5.56 Å². The van der Waals surface area contributed by atoms with Gasteiger partial charge in [-0.15, -0.1) is 0 Å². The molecule has 1 N–H and O–H groups in total. The van der Waals surface area contributed by atoms with Crippen molar-refractivity contribution in [3.05, 3.63) is 35.4 Å². The van der Waals surface area contributed by atoms with Crippen LogP contribution in [0.3, 0.4) is 0 Å². The summed E-state index contributed by atoms with van der Waals surface area (Å²) in [5.74, 6) is 0.00838. The van der Waals surface area contributed by atoms with Crippen LogP contribution in [0, 0.1) is 6.92 Å². The summed E-state index contributed by atoms with van der Waals surface area (Å²) >= 11 is 0. The summed E-state index contributed by atoms with van der Waals surface area (Å²) in [4.78, 5) is 26.0. The third kappa shape index (κ3) is 4.46. The Morgan fingerprint density at radius 1 is 1.20 bits per heavy atom. The van der Waals surface area contributed by atoms with Crippen molar-refractivity contribution in [3.8, 4) is 0 Å². The summed E-state index contributed by atoms with van der Waals surface area (Å²) in [5.41, 5.74) is 1.82. The predicted molar refractivity (Wildman–Crippen MR) is 80.9 cm³/mol. The first-order chi connectivity index (χ1) is 9.49. The standard InChI is InChI=1S/C16H24N2O2/c1-5-17-15(19)11-18(6-2)13(4)16(20)14-9-7-12(3)8-10-14/h7-10,13H,5-6,11H2,1-4H3,(H,17,19). The Balaban J connectivity index is 2.74. The first-order valence-electron chi connectivity index (χ1n) is 7.11. The molecule has 0 radical (unpaired) electrons. The van der Waals surface area contributed by atoms with E-state index in [0.29, 0.717) is 18.7 Å². The van der Waals surface area contributed by atoms with Crippen LogP contribution in [-0.4, -0.2) is 42.3 Å². The average molecular weight is 276 g/mol. The molecular weight excluding hydrogens is 252 g/mol. The molecule has 0 saturated carbocycles. The van der Waals surface area contributed by atoms with Gasteiger partial charge in [-0.1, -0.05) is 36.8 Å². The number of carbonyl (C=O) groups excluding carboxylic acids is 2. The molecule has 1 aromatic rings. The molecular formula is C16H24N2O2. The van der Waals surface area contributed by atoms with Gasteiger partial charge in [-0.2, -0.15) is 0 Å². The first-order valence-corrected chi connectivity index (χ1v) is 7.11. The smallest absolute Gasteiger partial charge is 0.234 e. The van der Waals surface area contributed by atoms with Gasteiger partial charge in [0.1, 0.15) is 0 Å². The monoisotopic (exact) mass is 276 g/mol. The molecule has 0 heterocycles. The van der Waals surface area contributed by atoms with E-state index in [9.17, 15) is 9.59 Å². The number of hydrogen-bond donors (Lipinski definition) is 1. The van der Waals surface area contributed by atoms with Crippen molar-refractivity contribution in [2.45, 2.75) is 33.7 Å². The van der Waals surface area contributed by atoms with Crippen LogP contribution in [-0.2, 0) is 4.79 Å². The maximum atomic E-state index is 12.4. The van der Waals surface area contributed by atoms with Gasteiger partial charge < -0.3 is 5.32 Å². The van der Waals surface area contributed by atoms with E-state index in [-0.39, 0.29) is 24.3 Å². The number of benzene rings is 1. The lowest BCUT2D eigenvalue weighted by molar-refractivity contribution is -0.122. The number of likely N-dealkylation sites (N-methyl/N-ethyl adjacent to an activating group) is 2. The lowest BCUT2D eigenvalue weighted by atomic mass is 10.0. The fourth-order valence-electron chi connectivity index (χ4n) is 2.08. The van der Waals surface area contributed by atoms with E-state index < -0.39 is 0 Å². The van der Waals surface area contributed by atoms with E-state index in [2.05, 4.69) is 5.32 Å². The van der Waals surface area contributed by atoms with Gasteiger partial charge in [-0.25, -0.2) is 0 Å². The Bertz CT molecular complexity index is 454. The summed E-state index contributed by atoms with van der Waals surface area (Å²) in [6.07, 6.45) is 0. The minimum atomic E-state index is -0.301. The molecule has 0 spiro atoms. The molecule has 20 heavy (non-hydrogen) atoms. The van der Waals surface area contributed by atoms with Gasteiger partial charge in [0.05, 0.1) is 12.6 Å². The first kappa shape index (κ1) is 16.4. The number of nitrogens with zero attached hydrogens (tertiary/aromatic N) is 1. The highest BCUT2D eigenvalue weighted by Gasteiger charge is 2.22. The predicted octanol–water partition coefficient (Wildman–Crippen LogP) is 2.02. The van der Waals surface area contributed by atoms with Crippen LogP contribution < -0.4 is 5.32 Å². The molecule has 0 aliphatic rings. The number of Topliss-reactive ketones (excluding diaryl/α,β-unsaturated/α-hetero) is 1. The molecule has 1 atom stereocenters. The molecule has 4 heteroatoms. The van der Waals surface area contributed by atoms with E-state index in [1.165, 1.54) is 0 Å². The lowest BCUT2D eigenvalue weighted by Crippen LogP contribution is -2.45. The van der Waals surface area contributed by atoms with E-state index >= 15 is 0 Å². The zero-order chi connectivity index (χ0) is 15.1. The minimum absolute atomic E-state index is 0.0436. The van der Waals surface area contributed by atoms with Gasteiger partial charge in [0.25, 0.3) is 0 Å². The van der Waals surface area contributed by atoms with Crippen LogP contribution in [0.5, 0.6) is 0 Å². The number of rotatable bonds is 7. The fraction of sp³-hybridized carbons (Fsp3) is 0.500. The second-order valence-electron chi connectivity index (χ2n) is 4.92. The summed E-state index contributed by atoms with van der Waals surface area (Å²) < 4.78 is 0. The van der Waals surface area contributed by atoms with Crippen molar-refractivity contribution < 1.29 is 9.59 Å². The van der Waals surface area contributed by atoms with Crippen LogP contribution in [0.15, 0.2) is 24.3 Å². The van der Waals surface area contributed by atoms with Crippen molar-refractivity contribution >= 4 is 11.7 Å². The van der Waals surface area contributed by atoms with Crippen molar-refractivity contribution in [2.75, 3.05) is 19.6 Å². The van der Waals surface area contributed by atoms with Gasteiger partial charge in [0, 0.05) is 12.1 Å². The van der Waals surface area contributed by atoms with Crippen LogP contribution >= 0.6 is 0 Å². The second kappa shape index (κ2) is 7.80. The van der Waals surface area contributed by atoms with Gasteiger partial charge in [-0.3, -0.25) is 14.5 Å². The summed E-state index contributed by atoms with van der Waals surface area (Å²) in [7, 11) is 0. The van der Waals surface area contributed by atoms with Gasteiger partial charge in [0.2, 0.25) is 5.91 Å². The van der Waals surface area contributed by atoms with Crippen LogP contribution in [0.2, 0.25) is 0 Å². The number of ketones is 1. The molecule has 110 valence electrons. The molecule has 1 amide bonds. The van der Waals surface area contributed by atoms with E-state index in [4.69, 9.17) is 0 Å².